The van der Waals surface area contributed by atoms with Crippen LogP contribution in [0.25, 0.3) is 0 Å². The molecule has 0 radical (unpaired) electrons. The van der Waals surface area contributed by atoms with Crippen molar-refractivity contribution in [2.75, 3.05) is 6.61 Å². The van der Waals surface area contributed by atoms with Crippen LogP contribution >= 0.6 is 7.75 Å². The van der Waals surface area contributed by atoms with Gasteiger partial charge < -0.3 is 24.2 Å². The predicted octanol–water partition coefficient (Wildman–Crippen LogP) is 0.683. The number of hydrogen-bond donors (Lipinski definition) is 4. The highest BCUT2D eigenvalue weighted by Crippen LogP contribution is 2.46. The van der Waals surface area contributed by atoms with Crippen LogP contribution < -0.4 is 20.9 Å². The van der Waals surface area contributed by atoms with Crippen LogP contribution in [-0.2, 0) is 23.4 Å². The molecular formula is C24H30N3O10P. The first kappa shape index (κ1) is 29.3. The number of ether oxygens (including phenoxy) is 2. The summed E-state index contributed by atoms with van der Waals surface area (Å²) in [7, 11) is -4.33. The average Bonchev–Trinajstić information content (AvgIpc) is 3.13. The molecule has 3 rings (SSSR count). The van der Waals surface area contributed by atoms with Gasteiger partial charge in [-0.3, -0.25) is 23.7 Å². The molecule has 1 aliphatic rings. The molecule has 38 heavy (non-hydrogen) atoms. The van der Waals surface area contributed by atoms with Gasteiger partial charge in [0.25, 0.3) is 5.56 Å². The van der Waals surface area contributed by atoms with E-state index in [0.717, 1.165) is 16.8 Å². The van der Waals surface area contributed by atoms with Crippen molar-refractivity contribution >= 4 is 13.7 Å². The topological polar surface area (TPSA) is 178 Å². The number of benzene rings is 1. The molecule has 2 heterocycles. The minimum atomic E-state index is -4.33. The standard InChI is InChI=1S/C24H30N3O10P/c1-5-15(3)35-21(30)16(4)26-38(33,37-17-10-8-7-9-11-17)34-14-18-20(29)24(32,6-2)22(36-18)27-13-12-19(28)25-23(27)31/h2,7-13,15-16,18,20,22,29,32H,5,14H2,1,3-4H3,(H,26,33)(H,25,28,31)/t15-,16+,18-,20-,22?,24-,38?/m1/s1. The van der Waals surface area contributed by atoms with Crippen LogP contribution in [0, 0.1) is 12.3 Å². The number of hydrogen-bond acceptors (Lipinski definition) is 10. The van der Waals surface area contributed by atoms with Crippen LogP contribution in [0.2, 0.25) is 0 Å². The summed E-state index contributed by atoms with van der Waals surface area (Å²) in [5.74, 6) is 1.47. The fourth-order valence-corrected chi connectivity index (χ4v) is 5.01. The molecule has 1 fully saturated rings. The molecular weight excluding hydrogens is 521 g/mol. The molecule has 4 N–H and O–H groups in total. The smallest absolute Gasteiger partial charge is 0.459 e. The van der Waals surface area contributed by atoms with Crippen molar-refractivity contribution < 1.29 is 38.1 Å². The third kappa shape index (κ3) is 6.60. The Morgan fingerprint density at radius 3 is 2.61 bits per heavy atom. The molecule has 2 aromatic rings. The second-order valence-corrected chi connectivity index (χ2v) is 10.4. The maximum atomic E-state index is 13.7. The molecule has 1 aromatic heterocycles. The van der Waals surface area contributed by atoms with Gasteiger partial charge in [-0.05, 0) is 32.4 Å². The van der Waals surface area contributed by atoms with Crippen molar-refractivity contribution in [2.45, 2.75) is 63.4 Å². The molecule has 1 aromatic carbocycles. The van der Waals surface area contributed by atoms with Gasteiger partial charge in [0, 0.05) is 12.3 Å². The first-order valence-electron chi connectivity index (χ1n) is 11.7. The van der Waals surface area contributed by atoms with E-state index in [9.17, 15) is 29.2 Å². The van der Waals surface area contributed by atoms with Gasteiger partial charge in [0.15, 0.2) is 11.8 Å². The van der Waals surface area contributed by atoms with Gasteiger partial charge in [0.2, 0.25) is 0 Å². The van der Waals surface area contributed by atoms with Crippen LogP contribution in [-0.4, -0.2) is 62.3 Å². The molecule has 206 valence electrons. The zero-order valence-corrected chi connectivity index (χ0v) is 21.9. The summed E-state index contributed by atoms with van der Waals surface area (Å²) in [5, 5.41) is 24.2. The highest BCUT2D eigenvalue weighted by Gasteiger charge is 2.56. The Labute approximate surface area is 218 Å². The number of nitrogens with one attached hydrogen (secondary N) is 2. The van der Waals surface area contributed by atoms with E-state index in [0.29, 0.717) is 6.42 Å². The van der Waals surface area contributed by atoms with E-state index in [2.05, 4.69) is 5.09 Å². The van der Waals surface area contributed by atoms with Crippen molar-refractivity contribution in [1.29, 1.82) is 0 Å². The van der Waals surface area contributed by atoms with Gasteiger partial charge >= 0.3 is 19.4 Å². The van der Waals surface area contributed by atoms with Crippen LogP contribution in [0.5, 0.6) is 5.75 Å². The number of aliphatic hydroxyl groups excluding tert-OH is 1. The number of aliphatic hydroxyl groups is 2. The zero-order valence-electron chi connectivity index (χ0n) is 21.0. The van der Waals surface area contributed by atoms with E-state index in [1.54, 1.807) is 25.1 Å². The molecule has 0 aliphatic carbocycles. The van der Waals surface area contributed by atoms with E-state index < -0.39 is 61.7 Å². The first-order chi connectivity index (χ1) is 17.9. The lowest BCUT2D eigenvalue weighted by atomic mass is 9.95. The SMILES string of the molecule is C#C[C@]1(O)C(n2ccc(=O)[nH]c2=O)O[C@H](COP(=O)(N[C@@H](C)C(=O)O[C@H](C)CC)Oc2ccccc2)[C@H]1O. The Morgan fingerprint density at radius 1 is 1.32 bits per heavy atom. The molecule has 0 spiro atoms. The van der Waals surface area contributed by atoms with E-state index in [4.69, 9.17) is 24.9 Å². The molecule has 0 bridgehead atoms. The summed E-state index contributed by atoms with van der Waals surface area (Å²) in [5.41, 5.74) is -4.06. The van der Waals surface area contributed by atoms with Gasteiger partial charge in [0.1, 0.15) is 24.0 Å². The van der Waals surface area contributed by atoms with Crippen LogP contribution in [0.15, 0.2) is 52.2 Å². The van der Waals surface area contributed by atoms with Gasteiger partial charge in [-0.1, -0.05) is 31.0 Å². The highest BCUT2D eigenvalue weighted by molar-refractivity contribution is 7.52. The van der Waals surface area contributed by atoms with E-state index in [1.165, 1.54) is 19.1 Å². The number of carbonyl (C=O) groups excluding carboxylic acids is 1. The van der Waals surface area contributed by atoms with Crippen LogP contribution in [0.3, 0.4) is 0 Å². The van der Waals surface area contributed by atoms with Gasteiger partial charge in [0.05, 0.1) is 12.7 Å². The number of esters is 1. The lowest BCUT2D eigenvalue weighted by Crippen LogP contribution is -2.48. The summed E-state index contributed by atoms with van der Waals surface area (Å²) < 4.78 is 36.5. The van der Waals surface area contributed by atoms with Gasteiger partial charge in [-0.15, -0.1) is 6.42 Å². The number of nitrogens with zero attached hydrogens (tertiary/aromatic N) is 1. The summed E-state index contributed by atoms with van der Waals surface area (Å²) in [6, 6.07) is 7.87. The summed E-state index contributed by atoms with van der Waals surface area (Å²) in [4.78, 5) is 38.1. The van der Waals surface area contributed by atoms with Crippen molar-refractivity contribution in [3.63, 3.8) is 0 Å². The molecule has 1 saturated heterocycles. The quantitative estimate of drug-likeness (QED) is 0.175. The Balaban J connectivity index is 1.83. The largest absolute Gasteiger partial charge is 0.462 e. The van der Waals surface area contributed by atoms with E-state index >= 15 is 0 Å². The fraction of sp³-hybridized carbons (Fsp3) is 0.458. The average molecular weight is 551 g/mol. The van der Waals surface area contributed by atoms with E-state index in [1.807, 2.05) is 17.8 Å². The first-order valence-corrected chi connectivity index (χ1v) is 13.3. The second-order valence-electron chi connectivity index (χ2n) is 8.66. The molecule has 0 amide bonds. The van der Waals surface area contributed by atoms with Crippen molar-refractivity contribution in [1.82, 2.24) is 14.6 Å². The molecule has 0 saturated carbocycles. The van der Waals surface area contributed by atoms with Crippen LogP contribution in [0.1, 0.15) is 33.4 Å². The summed E-state index contributed by atoms with van der Waals surface area (Å²) >= 11 is 0. The predicted molar refractivity (Wildman–Crippen MR) is 134 cm³/mol. The monoisotopic (exact) mass is 551 g/mol. The molecule has 1 aliphatic heterocycles. The maximum Gasteiger partial charge on any atom is 0.459 e. The Bertz CT molecular complexity index is 1320. The number of aromatic amines is 1. The zero-order chi connectivity index (χ0) is 28.1. The molecule has 2 unspecified atom stereocenters. The summed E-state index contributed by atoms with van der Waals surface area (Å²) in [6.07, 6.45) is 1.85. The number of terminal acetylenes is 1. The van der Waals surface area contributed by atoms with Gasteiger partial charge in [-0.25, -0.2) is 9.36 Å². The third-order valence-electron chi connectivity index (χ3n) is 5.79. The van der Waals surface area contributed by atoms with Crippen molar-refractivity contribution in [3.8, 4) is 18.1 Å². The normalized spacial score (nSPS) is 26.1. The molecule has 14 heteroatoms. The van der Waals surface area contributed by atoms with Crippen molar-refractivity contribution in [2.24, 2.45) is 0 Å². The number of para-hydroxylation sites is 1. The Morgan fingerprint density at radius 2 is 2.00 bits per heavy atom. The molecule has 13 nitrogen and oxygen atoms in total. The molecule has 7 atom stereocenters. The minimum absolute atomic E-state index is 0.150. The second kappa shape index (κ2) is 12.1. The number of carbonyl (C=O) groups is 1. The number of H-pyrrole nitrogens is 1. The number of aromatic nitrogens is 2. The minimum Gasteiger partial charge on any atom is -0.462 e. The lowest BCUT2D eigenvalue weighted by molar-refractivity contribution is -0.150. The lowest BCUT2D eigenvalue weighted by Gasteiger charge is -2.26. The Kier molecular flexibility index (Phi) is 9.32. The van der Waals surface area contributed by atoms with E-state index in [-0.39, 0.29) is 11.9 Å². The summed E-state index contributed by atoms with van der Waals surface area (Å²) in [6.45, 7) is 4.30. The van der Waals surface area contributed by atoms with Crippen molar-refractivity contribution in [3.05, 3.63) is 63.4 Å². The number of rotatable bonds is 11. The fourth-order valence-electron chi connectivity index (χ4n) is 3.51. The van der Waals surface area contributed by atoms with Gasteiger partial charge in [-0.2, -0.15) is 5.09 Å². The maximum absolute atomic E-state index is 13.7. The Hall–Kier alpha value is -3.24. The highest BCUT2D eigenvalue weighted by atomic mass is 31.2. The third-order valence-corrected chi connectivity index (χ3v) is 7.44. The van der Waals surface area contributed by atoms with Crippen LogP contribution in [0.4, 0.5) is 0 Å².